The highest BCUT2D eigenvalue weighted by atomic mass is 79.9. The van der Waals surface area contributed by atoms with Gasteiger partial charge in [-0.2, -0.15) is 0 Å². The Kier molecular flexibility index (Phi) is 3.27. The highest BCUT2D eigenvalue weighted by Gasteiger charge is 2.52. The van der Waals surface area contributed by atoms with Gasteiger partial charge in [-0.3, -0.25) is 0 Å². The van der Waals surface area contributed by atoms with Crippen molar-refractivity contribution >= 4 is 27.5 Å². The van der Waals surface area contributed by atoms with Crippen LogP contribution in [0.1, 0.15) is 12.0 Å². The van der Waals surface area contributed by atoms with Crippen molar-refractivity contribution in [2.45, 2.75) is 18.1 Å². The third-order valence-electron chi connectivity index (χ3n) is 3.07. The molecule has 3 unspecified atom stereocenters. The summed E-state index contributed by atoms with van der Waals surface area (Å²) < 4.78 is 14.0. The molecule has 2 nitrogen and oxygen atoms in total. The Morgan fingerprint density at radius 3 is 2.75 bits per heavy atom. The molecule has 3 atom stereocenters. The molecule has 0 saturated heterocycles. The number of alkyl halides is 1. The maximum absolute atomic E-state index is 13.2. The van der Waals surface area contributed by atoms with Crippen molar-refractivity contribution in [3.8, 4) is 0 Å². The van der Waals surface area contributed by atoms with Gasteiger partial charge in [-0.1, -0.05) is 27.5 Å². The first-order valence-electron chi connectivity index (χ1n) is 4.97. The molecule has 1 aromatic rings. The highest BCUT2D eigenvalue weighted by Crippen LogP contribution is 2.46. The Morgan fingerprint density at radius 1 is 1.62 bits per heavy atom. The molecule has 5 heteroatoms. The fourth-order valence-corrected chi connectivity index (χ4v) is 2.61. The van der Waals surface area contributed by atoms with Crippen LogP contribution in [0.2, 0.25) is 5.02 Å². The number of nitrogens with two attached hydrogens (primary N) is 1. The largest absolute Gasteiger partial charge is 0.393 e. The molecule has 0 aromatic heterocycles. The molecule has 1 saturated carbocycles. The second kappa shape index (κ2) is 4.26. The number of halogens is 3. The monoisotopic (exact) mass is 307 g/mol. The van der Waals surface area contributed by atoms with Gasteiger partial charge in [0.25, 0.3) is 0 Å². The van der Waals surface area contributed by atoms with Crippen molar-refractivity contribution in [2.75, 3.05) is 6.67 Å². The summed E-state index contributed by atoms with van der Waals surface area (Å²) in [5, 5.41) is 9.85. The average Bonchev–Trinajstić information content (AvgIpc) is 2.99. The maximum Gasteiger partial charge on any atom is 0.112 e. The molecule has 2 rings (SSSR count). The van der Waals surface area contributed by atoms with Crippen molar-refractivity contribution in [1.82, 2.24) is 0 Å². The average molecular weight is 309 g/mol. The highest BCUT2D eigenvalue weighted by molar-refractivity contribution is 9.10. The number of hydrogen-bond donors (Lipinski definition) is 2. The normalized spacial score (nSPS) is 27.6. The Labute approximate surface area is 107 Å². The summed E-state index contributed by atoms with van der Waals surface area (Å²) in [5.74, 6) is -0.246. The van der Waals surface area contributed by atoms with E-state index in [1.807, 2.05) is 0 Å². The van der Waals surface area contributed by atoms with Gasteiger partial charge >= 0.3 is 0 Å². The molecule has 0 amide bonds. The lowest BCUT2D eigenvalue weighted by atomic mass is 9.87. The molecule has 1 aliphatic rings. The van der Waals surface area contributed by atoms with E-state index in [0.29, 0.717) is 17.0 Å². The lowest BCUT2D eigenvalue weighted by molar-refractivity contribution is 0.198. The number of rotatable bonds is 3. The van der Waals surface area contributed by atoms with Crippen LogP contribution >= 0.6 is 27.5 Å². The lowest BCUT2D eigenvalue weighted by Gasteiger charge is -2.28. The Balaban J connectivity index is 2.43. The van der Waals surface area contributed by atoms with Gasteiger partial charge in [0, 0.05) is 15.4 Å². The minimum absolute atomic E-state index is 0.246. The van der Waals surface area contributed by atoms with E-state index in [1.165, 1.54) is 0 Å². The van der Waals surface area contributed by atoms with Crippen LogP contribution in [0.25, 0.3) is 0 Å². The zero-order valence-electron chi connectivity index (χ0n) is 8.46. The smallest absolute Gasteiger partial charge is 0.112 e. The molecule has 1 aromatic carbocycles. The van der Waals surface area contributed by atoms with Crippen LogP contribution in [0.3, 0.4) is 0 Å². The van der Waals surface area contributed by atoms with Gasteiger partial charge in [-0.05, 0) is 30.2 Å². The second-order valence-electron chi connectivity index (χ2n) is 4.21. The Hall–Kier alpha value is -0.160. The Morgan fingerprint density at radius 2 is 2.25 bits per heavy atom. The molecular weight excluding hydrogens is 296 g/mol. The van der Waals surface area contributed by atoms with E-state index in [2.05, 4.69) is 15.9 Å². The summed E-state index contributed by atoms with van der Waals surface area (Å²) in [6.45, 7) is -0.731. The van der Waals surface area contributed by atoms with Crippen LogP contribution in [-0.4, -0.2) is 17.9 Å². The van der Waals surface area contributed by atoms with E-state index in [1.54, 1.807) is 18.2 Å². The van der Waals surface area contributed by atoms with Gasteiger partial charge < -0.3 is 10.8 Å². The van der Waals surface area contributed by atoms with Gasteiger partial charge in [-0.25, -0.2) is 4.39 Å². The topological polar surface area (TPSA) is 46.2 Å². The van der Waals surface area contributed by atoms with E-state index in [-0.39, 0.29) is 5.92 Å². The van der Waals surface area contributed by atoms with Crippen LogP contribution in [0.5, 0.6) is 0 Å². The van der Waals surface area contributed by atoms with E-state index in [4.69, 9.17) is 17.3 Å². The van der Waals surface area contributed by atoms with E-state index in [0.717, 1.165) is 4.47 Å². The van der Waals surface area contributed by atoms with E-state index >= 15 is 0 Å². The van der Waals surface area contributed by atoms with Crippen molar-refractivity contribution < 1.29 is 9.50 Å². The molecular formula is C11H12BrClFNO. The second-order valence-corrected chi connectivity index (χ2v) is 5.53. The summed E-state index contributed by atoms with van der Waals surface area (Å²) in [4.78, 5) is 0. The van der Waals surface area contributed by atoms with Crippen LogP contribution in [0, 0.1) is 5.92 Å². The van der Waals surface area contributed by atoms with Crippen molar-refractivity contribution in [2.24, 2.45) is 11.7 Å². The summed E-state index contributed by atoms with van der Waals surface area (Å²) >= 11 is 9.33. The molecule has 0 bridgehead atoms. The number of aliphatic hydroxyl groups excluding tert-OH is 1. The van der Waals surface area contributed by atoms with Crippen LogP contribution in [0.4, 0.5) is 4.39 Å². The molecule has 1 fully saturated rings. The zero-order chi connectivity index (χ0) is 11.9. The molecule has 1 aliphatic carbocycles. The summed E-state index contributed by atoms with van der Waals surface area (Å²) in [6.07, 6.45) is 0.0132. The van der Waals surface area contributed by atoms with Gasteiger partial charge in [0.1, 0.15) is 6.67 Å². The molecule has 0 radical (unpaired) electrons. The third-order valence-corrected chi connectivity index (χ3v) is 3.89. The third kappa shape index (κ3) is 1.99. The molecule has 0 spiro atoms. The van der Waals surface area contributed by atoms with Crippen molar-refractivity contribution in [1.29, 1.82) is 0 Å². The summed E-state index contributed by atoms with van der Waals surface area (Å²) in [7, 11) is 0. The fourth-order valence-electron chi connectivity index (χ4n) is 1.96. The zero-order valence-corrected chi connectivity index (χ0v) is 10.8. The number of hydrogen-bond acceptors (Lipinski definition) is 2. The summed E-state index contributed by atoms with van der Waals surface area (Å²) in [6, 6.07) is 5.16. The van der Waals surface area contributed by atoms with Crippen LogP contribution in [-0.2, 0) is 5.54 Å². The quantitative estimate of drug-likeness (QED) is 0.901. The van der Waals surface area contributed by atoms with Gasteiger partial charge in [0.2, 0.25) is 0 Å². The van der Waals surface area contributed by atoms with Crippen LogP contribution < -0.4 is 5.73 Å². The lowest BCUT2D eigenvalue weighted by Crippen LogP contribution is -2.42. The fraction of sp³-hybridized carbons (Fsp3) is 0.455. The van der Waals surface area contributed by atoms with Gasteiger partial charge in [-0.15, -0.1) is 0 Å². The minimum Gasteiger partial charge on any atom is -0.393 e. The number of aliphatic hydroxyl groups is 1. The predicted octanol–water partition coefficient (Wildman–Crippen LogP) is 2.61. The standard InChI is InChI=1S/C11H12BrClFNO/c12-6-1-2-9(13)7(3-6)11(15,5-14)8-4-10(8)16/h1-3,8,10,16H,4-5,15H2. The molecule has 0 heterocycles. The first-order valence-corrected chi connectivity index (χ1v) is 6.14. The minimum atomic E-state index is -1.18. The first kappa shape index (κ1) is 12.3. The van der Waals surface area contributed by atoms with Gasteiger partial charge in [0.05, 0.1) is 11.6 Å². The summed E-state index contributed by atoms with van der Waals surface area (Å²) in [5.41, 5.74) is 5.41. The Bertz CT molecular complexity index is 417. The maximum atomic E-state index is 13.2. The van der Waals surface area contributed by atoms with E-state index in [9.17, 15) is 9.50 Å². The molecule has 3 N–H and O–H groups in total. The number of benzene rings is 1. The predicted molar refractivity (Wildman–Crippen MR) is 65.1 cm³/mol. The van der Waals surface area contributed by atoms with Crippen molar-refractivity contribution in [3.05, 3.63) is 33.3 Å². The molecule has 0 aliphatic heterocycles. The first-order chi connectivity index (χ1) is 7.49. The van der Waals surface area contributed by atoms with Crippen molar-refractivity contribution in [3.63, 3.8) is 0 Å². The van der Waals surface area contributed by atoms with Crippen LogP contribution in [0.15, 0.2) is 22.7 Å². The van der Waals surface area contributed by atoms with Gasteiger partial charge in [0.15, 0.2) is 0 Å². The SMILES string of the molecule is NC(CF)(c1cc(Br)ccc1Cl)C1CC1O. The molecule has 88 valence electrons. The van der Waals surface area contributed by atoms with E-state index < -0.39 is 18.3 Å². The molecule has 16 heavy (non-hydrogen) atoms.